The first-order valence-corrected chi connectivity index (χ1v) is 7.59. The van der Waals surface area contributed by atoms with Crippen molar-refractivity contribution in [2.75, 3.05) is 12.4 Å². The maximum Gasteiger partial charge on any atom is 0.248 e. The van der Waals surface area contributed by atoms with Crippen molar-refractivity contribution >= 4 is 39.9 Å². The van der Waals surface area contributed by atoms with Gasteiger partial charge in [0.05, 0.1) is 18.3 Å². The molecule has 0 saturated heterocycles. The summed E-state index contributed by atoms with van der Waals surface area (Å²) in [6.07, 6.45) is 5.00. The lowest BCUT2D eigenvalue weighted by Crippen LogP contribution is -2.08. The number of thiophene rings is 1. The normalized spacial score (nSPS) is 11.0. The molecule has 3 rings (SSSR count). The molecule has 0 aliphatic heterocycles. The van der Waals surface area contributed by atoms with Crippen LogP contribution in [0.2, 0.25) is 0 Å². The summed E-state index contributed by atoms with van der Waals surface area (Å²) < 4.78 is 5.27. The topological polar surface area (TPSA) is 51.2 Å². The Balaban J connectivity index is 1.88. The monoisotopic (exact) mass is 310 g/mol. The quantitative estimate of drug-likeness (QED) is 0.742. The van der Waals surface area contributed by atoms with Gasteiger partial charge in [0.1, 0.15) is 5.75 Å². The Kier molecular flexibility index (Phi) is 4.16. The van der Waals surface area contributed by atoms with Crippen LogP contribution in [0.1, 0.15) is 4.88 Å². The van der Waals surface area contributed by atoms with Crippen molar-refractivity contribution in [2.24, 2.45) is 0 Å². The fraction of sp³-hybridized carbons (Fsp3) is 0.0588. The molecule has 0 atom stereocenters. The predicted octanol–water partition coefficient (Wildman–Crippen LogP) is 3.96. The molecule has 1 amide bonds. The van der Waals surface area contributed by atoms with Gasteiger partial charge in [0.2, 0.25) is 5.91 Å². The lowest BCUT2D eigenvalue weighted by atomic mass is 10.1. The number of hydrogen-bond acceptors (Lipinski definition) is 4. The molecular weight excluding hydrogens is 296 g/mol. The van der Waals surface area contributed by atoms with Crippen LogP contribution in [-0.4, -0.2) is 18.0 Å². The van der Waals surface area contributed by atoms with Crippen LogP contribution in [0.25, 0.3) is 17.0 Å². The summed E-state index contributed by atoms with van der Waals surface area (Å²) in [7, 11) is 1.60. The average molecular weight is 310 g/mol. The van der Waals surface area contributed by atoms with Crippen LogP contribution < -0.4 is 10.1 Å². The molecule has 1 aromatic carbocycles. The van der Waals surface area contributed by atoms with Crippen LogP contribution in [0.15, 0.2) is 54.1 Å². The predicted molar refractivity (Wildman–Crippen MR) is 90.3 cm³/mol. The molecule has 110 valence electrons. The number of ether oxygens (including phenoxy) is 1. The van der Waals surface area contributed by atoms with Crippen molar-refractivity contribution in [1.82, 2.24) is 4.98 Å². The summed E-state index contributed by atoms with van der Waals surface area (Å²) in [4.78, 5) is 17.4. The highest BCUT2D eigenvalue weighted by molar-refractivity contribution is 7.10. The number of methoxy groups -OCH3 is 1. The van der Waals surface area contributed by atoms with Gasteiger partial charge < -0.3 is 10.1 Å². The van der Waals surface area contributed by atoms with Gasteiger partial charge in [-0.25, -0.2) is 0 Å². The van der Waals surface area contributed by atoms with E-state index in [1.54, 1.807) is 36.8 Å². The summed E-state index contributed by atoms with van der Waals surface area (Å²) in [6, 6.07) is 11.3. The minimum Gasteiger partial charge on any atom is -0.497 e. The number of nitrogens with zero attached hydrogens (tertiary/aromatic N) is 1. The molecular formula is C17H14N2O2S. The van der Waals surface area contributed by atoms with Gasteiger partial charge in [-0.3, -0.25) is 9.78 Å². The number of anilines is 1. The van der Waals surface area contributed by atoms with Crippen LogP contribution in [0.5, 0.6) is 5.75 Å². The molecule has 0 aliphatic rings. The van der Waals surface area contributed by atoms with Gasteiger partial charge in [0.25, 0.3) is 0 Å². The molecule has 5 heteroatoms. The number of fused-ring (bicyclic) bond motifs is 1. The number of rotatable bonds is 4. The summed E-state index contributed by atoms with van der Waals surface area (Å²) in [5, 5.41) is 5.74. The number of carbonyl (C=O) groups excluding carboxylic acids is 1. The number of aromatic nitrogens is 1. The number of nitrogens with one attached hydrogen (secondary N) is 1. The van der Waals surface area contributed by atoms with E-state index in [0.717, 1.165) is 15.8 Å². The number of pyridine rings is 1. The van der Waals surface area contributed by atoms with E-state index in [1.165, 1.54) is 6.08 Å². The van der Waals surface area contributed by atoms with E-state index in [1.807, 2.05) is 35.7 Å². The highest BCUT2D eigenvalue weighted by atomic mass is 32.1. The Bertz CT molecular complexity index is 826. The van der Waals surface area contributed by atoms with Gasteiger partial charge in [-0.1, -0.05) is 12.1 Å². The Morgan fingerprint density at radius 3 is 3.00 bits per heavy atom. The SMILES string of the molecule is COc1cc(NC(=O)/C=C/c2cccs2)c2ncccc2c1. The van der Waals surface area contributed by atoms with E-state index in [9.17, 15) is 4.79 Å². The molecule has 0 fully saturated rings. The molecule has 22 heavy (non-hydrogen) atoms. The smallest absolute Gasteiger partial charge is 0.248 e. The Labute approximate surface area is 132 Å². The van der Waals surface area contributed by atoms with Crippen molar-refractivity contribution < 1.29 is 9.53 Å². The molecule has 0 radical (unpaired) electrons. The van der Waals surface area contributed by atoms with Gasteiger partial charge in [-0.2, -0.15) is 0 Å². The second kappa shape index (κ2) is 6.41. The van der Waals surface area contributed by atoms with Gasteiger partial charge >= 0.3 is 0 Å². The van der Waals surface area contributed by atoms with Gasteiger partial charge in [0.15, 0.2) is 0 Å². The zero-order chi connectivity index (χ0) is 15.4. The summed E-state index contributed by atoms with van der Waals surface area (Å²) >= 11 is 1.58. The largest absolute Gasteiger partial charge is 0.497 e. The number of carbonyl (C=O) groups is 1. The molecule has 3 aromatic rings. The van der Waals surface area contributed by atoms with Crippen LogP contribution >= 0.6 is 11.3 Å². The Hall–Kier alpha value is -2.66. The van der Waals surface area contributed by atoms with Crippen LogP contribution in [-0.2, 0) is 4.79 Å². The van der Waals surface area contributed by atoms with Crippen molar-refractivity contribution in [3.63, 3.8) is 0 Å². The Morgan fingerprint density at radius 2 is 2.23 bits per heavy atom. The first-order valence-electron chi connectivity index (χ1n) is 6.71. The van der Waals surface area contributed by atoms with Crippen LogP contribution in [0.3, 0.4) is 0 Å². The first kappa shape index (κ1) is 14.3. The summed E-state index contributed by atoms with van der Waals surface area (Å²) in [5.41, 5.74) is 1.37. The van der Waals surface area contributed by atoms with E-state index < -0.39 is 0 Å². The number of hydrogen-bond donors (Lipinski definition) is 1. The molecule has 2 heterocycles. The zero-order valence-electron chi connectivity index (χ0n) is 11.9. The summed E-state index contributed by atoms with van der Waals surface area (Å²) in [6.45, 7) is 0. The van der Waals surface area contributed by atoms with E-state index in [-0.39, 0.29) is 5.91 Å². The highest BCUT2D eigenvalue weighted by Crippen LogP contribution is 2.27. The first-order chi connectivity index (χ1) is 10.8. The second-order valence-corrected chi connectivity index (χ2v) is 5.57. The highest BCUT2D eigenvalue weighted by Gasteiger charge is 2.07. The molecule has 2 aromatic heterocycles. The van der Waals surface area contributed by atoms with E-state index in [2.05, 4.69) is 10.3 Å². The third-order valence-electron chi connectivity index (χ3n) is 3.11. The van der Waals surface area contributed by atoms with Crippen molar-refractivity contribution in [3.05, 3.63) is 58.9 Å². The maximum atomic E-state index is 12.1. The van der Waals surface area contributed by atoms with E-state index in [0.29, 0.717) is 11.4 Å². The number of amides is 1. The molecule has 1 N–H and O–H groups in total. The lowest BCUT2D eigenvalue weighted by molar-refractivity contribution is -0.111. The van der Waals surface area contributed by atoms with Crippen molar-refractivity contribution in [2.45, 2.75) is 0 Å². The van der Waals surface area contributed by atoms with Crippen molar-refractivity contribution in [1.29, 1.82) is 0 Å². The second-order valence-electron chi connectivity index (χ2n) is 4.59. The fourth-order valence-electron chi connectivity index (χ4n) is 2.10. The Morgan fingerprint density at radius 1 is 1.32 bits per heavy atom. The zero-order valence-corrected chi connectivity index (χ0v) is 12.8. The van der Waals surface area contributed by atoms with Gasteiger partial charge in [-0.15, -0.1) is 11.3 Å². The number of benzene rings is 1. The minimum atomic E-state index is -0.200. The van der Waals surface area contributed by atoms with Crippen molar-refractivity contribution in [3.8, 4) is 5.75 Å². The van der Waals surface area contributed by atoms with E-state index in [4.69, 9.17) is 4.74 Å². The lowest BCUT2D eigenvalue weighted by Gasteiger charge is -2.09. The molecule has 0 aliphatic carbocycles. The average Bonchev–Trinajstić information content (AvgIpc) is 3.06. The molecule has 0 saturated carbocycles. The minimum absolute atomic E-state index is 0.200. The summed E-state index contributed by atoms with van der Waals surface area (Å²) in [5.74, 6) is 0.478. The van der Waals surface area contributed by atoms with Gasteiger partial charge in [0, 0.05) is 28.6 Å². The molecule has 0 spiro atoms. The molecule has 0 bridgehead atoms. The van der Waals surface area contributed by atoms with Crippen LogP contribution in [0.4, 0.5) is 5.69 Å². The van der Waals surface area contributed by atoms with Gasteiger partial charge in [-0.05, 0) is 29.7 Å². The molecule has 0 unspecified atom stereocenters. The third-order valence-corrected chi connectivity index (χ3v) is 3.95. The van der Waals surface area contributed by atoms with E-state index >= 15 is 0 Å². The molecule has 4 nitrogen and oxygen atoms in total. The maximum absolute atomic E-state index is 12.1. The third kappa shape index (κ3) is 3.15. The van der Waals surface area contributed by atoms with Crippen LogP contribution in [0, 0.1) is 0 Å². The fourth-order valence-corrected chi connectivity index (χ4v) is 2.71. The standard InChI is InChI=1S/C17H14N2O2S/c1-21-13-10-12-4-2-8-18-17(12)15(11-13)19-16(20)7-6-14-5-3-9-22-14/h2-11H,1H3,(H,19,20)/b7-6+.